The molecule has 2 heterocycles. The van der Waals surface area contributed by atoms with Gasteiger partial charge in [0.25, 0.3) is 5.56 Å². The molecule has 1 saturated carbocycles. The summed E-state index contributed by atoms with van der Waals surface area (Å²) in [6.45, 7) is 0. The molecule has 0 bridgehead atoms. The van der Waals surface area contributed by atoms with E-state index in [-0.39, 0.29) is 11.3 Å². The van der Waals surface area contributed by atoms with Crippen molar-refractivity contribution in [1.82, 2.24) is 19.5 Å². The Morgan fingerprint density at radius 2 is 2.28 bits per heavy atom. The van der Waals surface area contributed by atoms with Gasteiger partial charge in [-0.2, -0.15) is 0 Å². The van der Waals surface area contributed by atoms with Crippen LogP contribution in [0, 0.1) is 0 Å². The molecular weight excluding hydrogens is 236 g/mol. The zero-order valence-electron chi connectivity index (χ0n) is 9.33. The molecule has 2 aromatic rings. The highest BCUT2D eigenvalue weighted by Gasteiger charge is 2.26. The van der Waals surface area contributed by atoms with E-state index in [2.05, 4.69) is 15.0 Å². The molecule has 0 aromatic carbocycles. The molecule has 1 aliphatic carbocycles. The molecule has 0 unspecified atom stereocenters. The summed E-state index contributed by atoms with van der Waals surface area (Å²) in [5.41, 5.74) is -0.322. The molecule has 18 heavy (non-hydrogen) atoms. The topological polar surface area (TPSA) is 101 Å². The molecule has 1 aliphatic rings. The van der Waals surface area contributed by atoms with Crippen LogP contribution in [0.1, 0.15) is 35.1 Å². The smallest absolute Gasteiger partial charge is 0.356 e. The molecule has 0 spiro atoms. The Bertz CT molecular complexity index is 669. The standard InChI is InChI=1S/C11H10N4O3/c16-9-3-8(13-10(14-9)6-1-2-6)15-4-7(11(17)18)12-5-15/h3-6H,1-2H2,(H,17,18)(H,13,14,16). The fourth-order valence-corrected chi connectivity index (χ4v) is 1.70. The van der Waals surface area contributed by atoms with E-state index in [1.54, 1.807) is 0 Å². The van der Waals surface area contributed by atoms with Gasteiger partial charge in [0.1, 0.15) is 18.0 Å². The molecule has 0 radical (unpaired) electrons. The van der Waals surface area contributed by atoms with Crippen molar-refractivity contribution in [2.45, 2.75) is 18.8 Å². The van der Waals surface area contributed by atoms with E-state index >= 15 is 0 Å². The van der Waals surface area contributed by atoms with E-state index in [4.69, 9.17) is 5.11 Å². The van der Waals surface area contributed by atoms with Gasteiger partial charge in [-0.05, 0) is 12.8 Å². The van der Waals surface area contributed by atoms with Crippen LogP contribution in [0.5, 0.6) is 0 Å². The lowest BCUT2D eigenvalue weighted by Gasteiger charge is -2.02. The van der Waals surface area contributed by atoms with Gasteiger partial charge >= 0.3 is 5.97 Å². The van der Waals surface area contributed by atoms with Gasteiger partial charge in [0.05, 0.1) is 0 Å². The Morgan fingerprint density at radius 1 is 1.50 bits per heavy atom. The first-order valence-electron chi connectivity index (χ1n) is 5.52. The number of aromatic carboxylic acids is 1. The molecule has 2 aromatic heterocycles. The van der Waals surface area contributed by atoms with Crippen molar-refractivity contribution >= 4 is 5.97 Å². The summed E-state index contributed by atoms with van der Waals surface area (Å²) in [6.07, 6.45) is 4.72. The van der Waals surface area contributed by atoms with E-state index in [1.807, 2.05) is 0 Å². The molecule has 3 rings (SSSR count). The predicted octanol–water partition coefficient (Wildman–Crippen LogP) is 0.531. The maximum Gasteiger partial charge on any atom is 0.356 e. The van der Waals surface area contributed by atoms with Crippen LogP contribution in [0.15, 0.2) is 23.4 Å². The fraction of sp³-hybridized carbons (Fsp3) is 0.273. The summed E-state index contributed by atoms with van der Waals surface area (Å²) in [6, 6.07) is 1.32. The lowest BCUT2D eigenvalue weighted by atomic mass is 10.4. The van der Waals surface area contributed by atoms with E-state index < -0.39 is 5.97 Å². The average Bonchev–Trinajstić information content (AvgIpc) is 3.05. The van der Waals surface area contributed by atoms with Gasteiger partial charge < -0.3 is 10.1 Å². The third-order valence-corrected chi connectivity index (χ3v) is 2.78. The maximum absolute atomic E-state index is 11.5. The van der Waals surface area contributed by atoms with Gasteiger partial charge in [0.2, 0.25) is 0 Å². The van der Waals surface area contributed by atoms with Crippen LogP contribution < -0.4 is 5.56 Å². The number of rotatable bonds is 3. The second-order valence-corrected chi connectivity index (χ2v) is 4.23. The molecule has 7 heteroatoms. The summed E-state index contributed by atoms with van der Waals surface area (Å²) in [5, 5.41) is 8.79. The lowest BCUT2D eigenvalue weighted by molar-refractivity contribution is 0.0691. The Kier molecular flexibility index (Phi) is 2.26. The van der Waals surface area contributed by atoms with Crippen molar-refractivity contribution in [3.63, 3.8) is 0 Å². The van der Waals surface area contributed by atoms with Crippen LogP contribution in [0.2, 0.25) is 0 Å². The summed E-state index contributed by atoms with van der Waals surface area (Å²) < 4.78 is 1.44. The third kappa shape index (κ3) is 1.90. The average molecular weight is 246 g/mol. The number of imidazole rings is 1. The molecule has 7 nitrogen and oxygen atoms in total. The SMILES string of the molecule is O=C(O)c1cn(-c2cc(=O)[nH]c(C3CC3)n2)cn1. The minimum absolute atomic E-state index is 0.0787. The molecule has 0 saturated heterocycles. The quantitative estimate of drug-likeness (QED) is 0.822. The molecule has 0 atom stereocenters. The van der Waals surface area contributed by atoms with E-state index in [9.17, 15) is 9.59 Å². The first-order valence-corrected chi connectivity index (χ1v) is 5.52. The zero-order valence-corrected chi connectivity index (χ0v) is 9.33. The van der Waals surface area contributed by atoms with Crippen molar-refractivity contribution in [2.24, 2.45) is 0 Å². The van der Waals surface area contributed by atoms with Gasteiger partial charge in [0, 0.05) is 18.2 Å². The number of aromatic nitrogens is 4. The van der Waals surface area contributed by atoms with E-state index in [1.165, 1.54) is 23.2 Å². The Morgan fingerprint density at radius 3 is 2.89 bits per heavy atom. The number of nitrogens with one attached hydrogen (secondary N) is 1. The normalized spacial score (nSPS) is 14.7. The van der Waals surface area contributed by atoms with Crippen LogP contribution in [-0.2, 0) is 0 Å². The highest BCUT2D eigenvalue weighted by atomic mass is 16.4. The highest BCUT2D eigenvalue weighted by molar-refractivity contribution is 5.85. The van der Waals surface area contributed by atoms with E-state index in [0.29, 0.717) is 17.6 Å². The van der Waals surface area contributed by atoms with E-state index in [0.717, 1.165) is 12.8 Å². The first kappa shape index (κ1) is 10.7. The Balaban J connectivity index is 2.04. The fourth-order valence-electron chi connectivity index (χ4n) is 1.70. The van der Waals surface area contributed by atoms with Gasteiger partial charge in [-0.15, -0.1) is 0 Å². The Labute approximate surface area is 101 Å². The summed E-state index contributed by atoms with van der Waals surface area (Å²) >= 11 is 0. The van der Waals surface area contributed by atoms with Gasteiger partial charge in [-0.3, -0.25) is 9.36 Å². The van der Waals surface area contributed by atoms with Crippen LogP contribution in [-0.4, -0.2) is 30.6 Å². The van der Waals surface area contributed by atoms with Crippen molar-refractivity contribution < 1.29 is 9.90 Å². The van der Waals surface area contributed by atoms with Gasteiger partial charge in [-0.25, -0.2) is 14.8 Å². The molecule has 2 N–H and O–H groups in total. The number of nitrogens with zero attached hydrogens (tertiary/aromatic N) is 3. The largest absolute Gasteiger partial charge is 0.476 e. The number of aromatic amines is 1. The van der Waals surface area contributed by atoms with Crippen LogP contribution in [0.25, 0.3) is 5.82 Å². The maximum atomic E-state index is 11.5. The van der Waals surface area contributed by atoms with Crippen molar-refractivity contribution in [3.8, 4) is 5.82 Å². The van der Waals surface area contributed by atoms with Crippen molar-refractivity contribution in [3.05, 3.63) is 40.5 Å². The van der Waals surface area contributed by atoms with Crippen LogP contribution in [0.4, 0.5) is 0 Å². The zero-order chi connectivity index (χ0) is 12.7. The lowest BCUT2D eigenvalue weighted by Crippen LogP contribution is -2.12. The van der Waals surface area contributed by atoms with Crippen LogP contribution >= 0.6 is 0 Å². The van der Waals surface area contributed by atoms with Crippen molar-refractivity contribution in [1.29, 1.82) is 0 Å². The van der Waals surface area contributed by atoms with Crippen LogP contribution in [0.3, 0.4) is 0 Å². The minimum Gasteiger partial charge on any atom is -0.476 e. The summed E-state index contributed by atoms with van der Waals surface area (Å²) in [7, 11) is 0. The number of carboxylic acid groups (broad SMARTS) is 1. The van der Waals surface area contributed by atoms with Crippen molar-refractivity contribution in [2.75, 3.05) is 0 Å². The first-order chi connectivity index (χ1) is 8.63. The number of H-pyrrole nitrogens is 1. The number of carboxylic acids is 1. The monoisotopic (exact) mass is 246 g/mol. The second-order valence-electron chi connectivity index (χ2n) is 4.23. The summed E-state index contributed by atoms with van der Waals surface area (Å²) in [4.78, 5) is 33.0. The highest BCUT2D eigenvalue weighted by Crippen LogP contribution is 2.37. The number of hydrogen-bond donors (Lipinski definition) is 2. The number of carbonyl (C=O) groups is 1. The molecule has 92 valence electrons. The predicted molar refractivity (Wildman–Crippen MR) is 60.9 cm³/mol. The molecule has 0 amide bonds. The summed E-state index contributed by atoms with van der Waals surface area (Å²) in [5.74, 6) is 0.254. The second kappa shape index (κ2) is 3.80. The molecular formula is C11H10N4O3. The van der Waals surface area contributed by atoms with Gasteiger partial charge in [0.15, 0.2) is 5.69 Å². The number of hydrogen-bond acceptors (Lipinski definition) is 4. The third-order valence-electron chi connectivity index (χ3n) is 2.78. The molecule has 0 aliphatic heterocycles. The van der Waals surface area contributed by atoms with Gasteiger partial charge in [-0.1, -0.05) is 0 Å². The minimum atomic E-state index is -1.11. The molecule has 1 fully saturated rings. The Hall–Kier alpha value is -2.44.